The Balaban J connectivity index is 1.20. The van der Waals surface area contributed by atoms with Crippen LogP contribution in [0.25, 0.3) is 0 Å². The highest BCUT2D eigenvalue weighted by atomic mass is 32.1. The number of likely N-dealkylation sites (tertiary alicyclic amines) is 1. The molecule has 0 spiro atoms. The van der Waals surface area contributed by atoms with Crippen LogP contribution in [0.4, 0.5) is 10.5 Å². The molecule has 1 saturated heterocycles. The summed E-state index contributed by atoms with van der Waals surface area (Å²) in [5, 5.41) is 7.62. The van der Waals surface area contributed by atoms with Gasteiger partial charge in [-0.2, -0.15) is 0 Å². The van der Waals surface area contributed by atoms with Crippen LogP contribution in [-0.2, 0) is 0 Å². The molecule has 2 N–H and O–H groups in total. The van der Waals surface area contributed by atoms with Crippen LogP contribution in [0.3, 0.4) is 0 Å². The van der Waals surface area contributed by atoms with Crippen molar-refractivity contribution >= 4 is 29.0 Å². The Labute approximate surface area is 170 Å². The third-order valence-corrected chi connectivity index (χ3v) is 5.93. The first-order valence-electron chi connectivity index (χ1n) is 10.00. The molecule has 0 bridgehead atoms. The highest BCUT2D eigenvalue weighted by molar-refractivity contribution is 7.12. The molecule has 1 aliphatic rings. The van der Waals surface area contributed by atoms with Crippen LogP contribution in [0, 0.1) is 5.92 Å². The molecule has 1 aliphatic heterocycles. The quantitative estimate of drug-likeness (QED) is 0.614. The van der Waals surface area contributed by atoms with Crippen LogP contribution < -0.4 is 10.6 Å². The van der Waals surface area contributed by atoms with Gasteiger partial charge in [0.2, 0.25) is 0 Å². The molecule has 0 aromatic carbocycles. The van der Waals surface area contributed by atoms with E-state index in [1.165, 1.54) is 30.6 Å². The molecule has 7 heteroatoms. The number of carbonyl (C=O) groups excluding carboxylic acids is 2. The first-order chi connectivity index (χ1) is 13.7. The summed E-state index contributed by atoms with van der Waals surface area (Å²) < 4.78 is 0. The number of nitrogens with zero attached hydrogens (tertiary/aromatic N) is 2. The summed E-state index contributed by atoms with van der Waals surface area (Å²) >= 11 is 1.52. The number of amides is 3. The summed E-state index contributed by atoms with van der Waals surface area (Å²) in [7, 11) is 0. The molecular weight excluding hydrogens is 372 g/mol. The fourth-order valence-corrected chi connectivity index (χ4v) is 4.22. The van der Waals surface area contributed by atoms with Gasteiger partial charge in [-0.25, -0.2) is 4.79 Å². The van der Waals surface area contributed by atoms with Crippen LogP contribution >= 0.6 is 11.3 Å². The Hall–Kier alpha value is -2.41. The van der Waals surface area contributed by atoms with Crippen molar-refractivity contribution in [3.63, 3.8) is 0 Å². The normalized spacial score (nSPS) is 16.1. The van der Waals surface area contributed by atoms with Crippen LogP contribution in [0.5, 0.6) is 0 Å². The standard InChI is InChI=1S/C21H28N4O2S/c26-20(19-7-5-15-28-19)25-14-10-17(16-25)6-3-1-2-4-11-23-21(27)24-18-8-12-22-13-9-18/h5,7-9,12-13,15,17H,1-4,6,10-11,14,16H2,(H2,22,23,24,27). The summed E-state index contributed by atoms with van der Waals surface area (Å²) in [6.45, 7) is 2.47. The van der Waals surface area contributed by atoms with Crippen LogP contribution in [0.15, 0.2) is 42.0 Å². The van der Waals surface area contributed by atoms with E-state index in [1.807, 2.05) is 22.4 Å². The highest BCUT2D eigenvalue weighted by Crippen LogP contribution is 2.24. The fraction of sp³-hybridized carbons (Fsp3) is 0.476. The van der Waals surface area contributed by atoms with Gasteiger partial charge in [-0.05, 0) is 48.8 Å². The first-order valence-corrected chi connectivity index (χ1v) is 10.9. The van der Waals surface area contributed by atoms with Gasteiger partial charge >= 0.3 is 6.03 Å². The maximum absolute atomic E-state index is 12.4. The predicted molar refractivity (Wildman–Crippen MR) is 113 cm³/mol. The van der Waals surface area contributed by atoms with Gasteiger partial charge in [-0.1, -0.05) is 25.3 Å². The topological polar surface area (TPSA) is 74.3 Å². The summed E-state index contributed by atoms with van der Waals surface area (Å²) in [5.41, 5.74) is 0.746. The van der Waals surface area contributed by atoms with Crippen LogP contribution in [0.1, 0.15) is 48.2 Å². The predicted octanol–water partition coefficient (Wildman–Crippen LogP) is 4.38. The van der Waals surface area contributed by atoms with Crippen molar-refractivity contribution in [2.24, 2.45) is 5.92 Å². The van der Waals surface area contributed by atoms with Gasteiger partial charge in [-0.15, -0.1) is 11.3 Å². The van der Waals surface area contributed by atoms with Crippen molar-refractivity contribution in [2.45, 2.75) is 38.5 Å². The minimum absolute atomic E-state index is 0.173. The first kappa shape index (κ1) is 20.3. The van der Waals surface area contributed by atoms with E-state index < -0.39 is 0 Å². The summed E-state index contributed by atoms with van der Waals surface area (Å²) in [6.07, 6.45) is 10.1. The van der Waals surface area contributed by atoms with Crippen molar-refractivity contribution in [3.8, 4) is 0 Å². The molecule has 6 nitrogen and oxygen atoms in total. The molecule has 2 aromatic rings. The lowest BCUT2D eigenvalue weighted by molar-refractivity contribution is 0.0791. The fourth-order valence-electron chi connectivity index (χ4n) is 3.53. The Morgan fingerprint density at radius 2 is 1.96 bits per heavy atom. The lowest BCUT2D eigenvalue weighted by Gasteiger charge is -2.15. The SMILES string of the molecule is O=C(NCCCCCCC1CCN(C(=O)c2cccs2)C1)Nc1ccncc1. The Bertz CT molecular complexity index is 736. The van der Waals surface area contributed by atoms with Crippen molar-refractivity contribution in [2.75, 3.05) is 25.0 Å². The number of anilines is 1. The van der Waals surface area contributed by atoms with Crippen LogP contribution in [-0.4, -0.2) is 41.5 Å². The van der Waals surface area contributed by atoms with Crippen LogP contribution in [0.2, 0.25) is 0 Å². The van der Waals surface area contributed by atoms with Gasteiger partial charge in [0, 0.05) is 37.7 Å². The molecule has 0 radical (unpaired) electrons. The molecule has 150 valence electrons. The number of urea groups is 1. The third-order valence-electron chi connectivity index (χ3n) is 5.07. The lowest BCUT2D eigenvalue weighted by Crippen LogP contribution is -2.29. The number of carbonyl (C=O) groups is 2. The van der Waals surface area contributed by atoms with Gasteiger partial charge < -0.3 is 15.5 Å². The number of hydrogen-bond donors (Lipinski definition) is 2. The molecule has 1 fully saturated rings. The molecule has 28 heavy (non-hydrogen) atoms. The maximum Gasteiger partial charge on any atom is 0.319 e. The molecule has 0 aliphatic carbocycles. The maximum atomic E-state index is 12.4. The van der Waals surface area contributed by atoms with Crippen molar-refractivity contribution in [3.05, 3.63) is 46.9 Å². The zero-order valence-corrected chi connectivity index (χ0v) is 16.9. The van der Waals surface area contributed by atoms with Gasteiger partial charge in [0.1, 0.15) is 0 Å². The van der Waals surface area contributed by atoms with Crippen molar-refractivity contribution in [1.29, 1.82) is 0 Å². The van der Waals surface area contributed by atoms with Gasteiger partial charge in [0.15, 0.2) is 0 Å². The molecule has 1 unspecified atom stereocenters. The second-order valence-corrected chi connectivity index (χ2v) is 8.15. The molecule has 2 aromatic heterocycles. The molecule has 3 heterocycles. The minimum Gasteiger partial charge on any atom is -0.338 e. The second-order valence-electron chi connectivity index (χ2n) is 7.20. The van der Waals surface area contributed by atoms with Gasteiger partial charge in [0.25, 0.3) is 5.91 Å². The number of pyridine rings is 1. The average molecular weight is 401 g/mol. The number of unbranched alkanes of at least 4 members (excludes halogenated alkanes) is 3. The van der Waals surface area contributed by atoms with E-state index in [-0.39, 0.29) is 11.9 Å². The number of rotatable bonds is 9. The summed E-state index contributed by atoms with van der Waals surface area (Å²) in [6, 6.07) is 7.19. The Morgan fingerprint density at radius 3 is 2.75 bits per heavy atom. The van der Waals surface area contributed by atoms with E-state index in [4.69, 9.17) is 0 Å². The van der Waals surface area contributed by atoms with Crippen molar-refractivity contribution < 1.29 is 9.59 Å². The smallest absolute Gasteiger partial charge is 0.319 e. The molecule has 3 rings (SSSR count). The van der Waals surface area contributed by atoms with E-state index in [0.29, 0.717) is 12.5 Å². The Morgan fingerprint density at radius 1 is 1.14 bits per heavy atom. The van der Waals surface area contributed by atoms with E-state index in [0.717, 1.165) is 42.9 Å². The largest absolute Gasteiger partial charge is 0.338 e. The van der Waals surface area contributed by atoms with E-state index in [1.54, 1.807) is 24.5 Å². The minimum atomic E-state index is -0.173. The molecular formula is C21H28N4O2S. The monoisotopic (exact) mass is 400 g/mol. The number of thiophene rings is 1. The highest BCUT2D eigenvalue weighted by Gasteiger charge is 2.26. The molecule has 0 saturated carbocycles. The van der Waals surface area contributed by atoms with E-state index in [9.17, 15) is 9.59 Å². The second kappa shape index (κ2) is 10.8. The van der Waals surface area contributed by atoms with Gasteiger partial charge in [0.05, 0.1) is 4.88 Å². The zero-order chi connectivity index (χ0) is 19.6. The molecule has 1 atom stereocenters. The summed E-state index contributed by atoms with van der Waals surface area (Å²) in [5.74, 6) is 0.821. The zero-order valence-electron chi connectivity index (χ0n) is 16.1. The average Bonchev–Trinajstić information content (AvgIpc) is 3.40. The molecule has 3 amide bonds. The summed E-state index contributed by atoms with van der Waals surface area (Å²) in [4.78, 5) is 30.9. The number of aromatic nitrogens is 1. The number of hydrogen-bond acceptors (Lipinski definition) is 4. The van der Waals surface area contributed by atoms with Crippen molar-refractivity contribution in [1.82, 2.24) is 15.2 Å². The Kier molecular flexibility index (Phi) is 7.84. The lowest BCUT2D eigenvalue weighted by atomic mass is 10.00. The van der Waals surface area contributed by atoms with E-state index in [2.05, 4.69) is 15.6 Å². The third kappa shape index (κ3) is 6.34. The van der Waals surface area contributed by atoms with Gasteiger partial charge in [-0.3, -0.25) is 9.78 Å². The number of nitrogens with one attached hydrogen (secondary N) is 2. The van der Waals surface area contributed by atoms with E-state index >= 15 is 0 Å².